The zero-order valence-corrected chi connectivity index (χ0v) is 13.3. The van der Waals surface area contributed by atoms with Gasteiger partial charge in [0.1, 0.15) is 0 Å². The molecule has 1 N–H and O–H groups in total. The molecule has 1 aromatic carbocycles. The van der Waals surface area contributed by atoms with Gasteiger partial charge in [-0.2, -0.15) is 0 Å². The Morgan fingerprint density at radius 1 is 1.50 bits per heavy atom. The molecule has 1 heterocycles. The lowest BCUT2D eigenvalue weighted by atomic mass is 10.1. The molecular weight excluding hydrogens is 304 g/mol. The van der Waals surface area contributed by atoms with Crippen molar-refractivity contribution < 1.29 is 19.2 Å². The second-order valence-corrected chi connectivity index (χ2v) is 5.25. The molecule has 0 saturated carbocycles. The minimum atomic E-state index is -0.527. The van der Waals surface area contributed by atoms with Crippen LogP contribution in [0.3, 0.4) is 0 Å². The number of methoxy groups -OCH3 is 1. The number of carbonyl (C=O) groups is 2. The summed E-state index contributed by atoms with van der Waals surface area (Å²) in [4.78, 5) is 28.5. The second-order valence-electron chi connectivity index (χ2n) is 4.40. The molecule has 0 atom stereocenters. The first-order chi connectivity index (χ1) is 10.6. The fourth-order valence-electron chi connectivity index (χ4n) is 1.94. The Hall–Kier alpha value is -2.28. The Bertz CT molecular complexity index is 668. The topological polar surface area (TPSA) is 77.0 Å². The van der Waals surface area contributed by atoms with E-state index >= 15 is 0 Å². The van der Waals surface area contributed by atoms with Gasteiger partial charge in [-0.25, -0.2) is 9.59 Å². The minimum Gasteiger partial charge on any atom is -0.453 e. The van der Waals surface area contributed by atoms with Crippen LogP contribution < -0.4 is 5.32 Å². The number of oxime groups is 1. The third-order valence-electron chi connectivity index (χ3n) is 3.06. The highest BCUT2D eigenvalue weighted by Gasteiger charge is 2.23. The lowest BCUT2D eigenvalue weighted by molar-refractivity contribution is -0.136. The molecule has 0 aliphatic carbocycles. The molecule has 1 aromatic rings. The number of amides is 1. The summed E-state index contributed by atoms with van der Waals surface area (Å²) in [6.07, 6.45) is 3.73. The van der Waals surface area contributed by atoms with E-state index in [1.54, 1.807) is 18.2 Å². The number of rotatable bonds is 4. The van der Waals surface area contributed by atoms with Gasteiger partial charge in [-0.1, -0.05) is 18.1 Å². The van der Waals surface area contributed by atoms with Crippen molar-refractivity contribution in [1.82, 2.24) is 0 Å². The highest BCUT2D eigenvalue weighted by Crippen LogP contribution is 2.28. The molecule has 0 bridgehead atoms. The van der Waals surface area contributed by atoms with Gasteiger partial charge in [-0.05, 0) is 36.4 Å². The summed E-state index contributed by atoms with van der Waals surface area (Å²) in [5.41, 5.74) is 2.57. The van der Waals surface area contributed by atoms with Crippen LogP contribution in [0.15, 0.2) is 33.8 Å². The summed E-state index contributed by atoms with van der Waals surface area (Å²) in [5.74, 6) is -0.445. The predicted molar refractivity (Wildman–Crippen MR) is 86.0 cm³/mol. The van der Waals surface area contributed by atoms with Crippen LogP contribution in [0.5, 0.6) is 0 Å². The maximum Gasteiger partial charge on any atom is 0.411 e. The van der Waals surface area contributed by atoms with E-state index in [0.29, 0.717) is 23.4 Å². The van der Waals surface area contributed by atoms with Gasteiger partial charge in [-0.15, -0.1) is 11.8 Å². The van der Waals surface area contributed by atoms with Crippen molar-refractivity contribution in [3.63, 3.8) is 0 Å². The van der Waals surface area contributed by atoms with Gasteiger partial charge in [0.25, 0.3) is 0 Å². The van der Waals surface area contributed by atoms with Crippen molar-refractivity contribution in [2.24, 2.45) is 5.16 Å². The molecule has 2 rings (SSSR count). The van der Waals surface area contributed by atoms with Crippen LogP contribution in [0.1, 0.15) is 18.9 Å². The molecule has 1 amide bonds. The van der Waals surface area contributed by atoms with Gasteiger partial charge in [-0.3, -0.25) is 5.32 Å². The highest BCUT2D eigenvalue weighted by atomic mass is 32.2. The largest absolute Gasteiger partial charge is 0.453 e. The molecule has 0 radical (unpaired) electrons. The Labute approximate surface area is 132 Å². The summed E-state index contributed by atoms with van der Waals surface area (Å²) in [6.45, 7) is 1.91. The van der Waals surface area contributed by atoms with Crippen molar-refractivity contribution in [1.29, 1.82) is 0 Å². The molecule has 0 spiro atoms. The van der Waals surface area contributed by atoms with E-state index in [1.807, 2.05) is 19.2 Å². The van der Waals surface area contributed by atoms with E-state index < -0.39 is 12.1 Å². The zero-order chi connectivity index (χ0) is 16.1. The number of nitrogens with zero attached hydrogens (tertiary/aromatic N) is 1. The smallest absolute Gasteiger partial charge is 0.411 e. The average molecular weight is 320 g/mol. The fraction of sp³-hybridized carbons (Fsp3) is 0.267. The van der Waals surface area contributed by atoms with Crippen LogP contribution in [0.4, 0.5) is 10.5 Å². The number of thioether (sulfide) groups is 1. The number of nitrogens with one attached hydrogen (secondary N) is 1. The van der Waals surface area contributed by atoms with Crippen LogP contribution in [-0.2, 0) is 14.4 Å². The molecule has 6 nitrogen and oxygen atoms in total. The van der Waals surface area contributed by atoms with E-state index in [2.05, 4.69) is 15.2 Å². The minimum absolute atomic E-state index is 0.445. The number of hydrogen-bond acceptors (Lipinski definition) is 6. The number of carbonyl (C=O) groups excluding carboxylic acids is 2. The van der Waals surface area contributed by atoms with Gasteiger partial charge in [0.15, 0.2) is 0 Å². The first-order valence-electron chi connectivity index (χ1n) is 6.62. The second kappa shape index (κ2) is 7.13. The van der Waals surface area contributed by atoms with Crippen molar-refractivity contribution in [2.75, 3.05) is 18.7 Å². The maximum atomic E-state index is 11.7. The fourth-order valence-corrected chi connectivity index (χ4v) is 2.53. The number of benzene rings is 1. The third kappa shape index (κ3) is 3.48. The van der Waals surface area contributed by atoms with Crippen molar-refractivity contribution in [3.8, 4) is 0 Å². The normalized spacial score (nSPS) is 15.5. The lowest BCUT2D eigenvalue weighted by Crippen LogP contribution is -2.11. The molecule has 116 valence electrons. The average Bonchev–Trinajstić information content (AvgIpc) is 2.88. The standard InChI is InChI=1S/C15H16N2O4S/c1-4-11-10(14(18)21-17-11)7-9-5-6-12(13(8-9)22-3)16-15(19)20-2/h5-8H,4H2,1-3H3,(H,16,19). The number of hydrogen-bond donors (Lipinski definition) is 1. The van der Waals surface area contributed by atoms with Crippen molar-refractivity contribution in [2.45, 2.75) is 18.2 Å². The van der Waals surface area contributed by atoms with Gasteiger partial charge in [0, 0.05) is 4.90 Å². The quantitative estimate of drug-likeness (QED) is 0.523. The van der Waals surface area contributed by atoms with Gasteiger partial charge in [0.2, 0.25) is 0 Å². The van der Waals surface area contributed by atoms with Gasteiger partial charge >= 0.3 is 12.1 Å². The van der Waals surface area contributed by atoms with E-state index in [9.17, 15) is 9.59 Å². The Balaban J connectivity index is 2.32. The molecule has 0 unspecified atom stereocenters. The van der Waals surface area contributed by atoms with E-state index in [1.165, 1.54) is 18.9 Å². The zero-order valence-electron chi connectivity index (χ0n) is 12.5. The molecular formula is C15H16N2O4S. The molecule has 22 heavy (non-hydrogen) atoms. The van der Waals surface area contributed by atoms with Crippen LogP contribution in [0.2, 0.25) is 0 Å². The molecule has 0 fully saturated rings. The van der Waals surface area contributed by atoms with E-state index in [-0.39, 0.29) is 0 Å². The van der Waals surface area contributed by atoms with Gasteiger partial charge < -0.3 is 9.57 Å². The third-order valence-corrected chi connectivity index (χ3v) is 3.84. The SMILES string of the molecule is CCC1=NOC(=O)C1=Cc1ccc(NC(=O)OC)c(SC)c1. The highest BCUT2D eigenvalue weighted by molar-refractivity contribution is 7.98. The monoisotopic (exact) mass is 320 g/mol. The molecule has 0 aromatic heterocycles. The van der Waals surface area contributed by atoms with Crippen LogP contribution in [-0.4, -0.2) is 31.1 Å². The first kappa shape index (κ1) is 16.1. The first-order valence-corrected chi connectivity index (χ1v) is 7.84. The summed E-state index contributed by atoms with van der Waals surface area (Å²) < 4.78 is 4.59. The Morgan fingerprint density at radius 2 is 2.27 bits per heavy atom. The lowest BCUT2D eigenvalue weighted by Gasteiger charge is -2.09. The molecule has 1 aliphatic heterocycles. The van der Waals surface area contributed by atoms with E-state index in [0.717, 1.165) is 10.5 Å². The summed E-state index contributed by atoms with van der Waals surface area (Å²) in [7, 11) is 1.31. The summed E-state index contributed by atoms with van der Waals surface area (Å²) in [6, 6.07) is 5.44. The number of anilines is 1. The van der Waals surface area contributed by atoms with Crippen molar-refractivity contribution in [3.05, 3.63) is 29.3 Å². The Morgan fingerprint density at radius 3 is 2.91 bits per heavy atom. The summed E-state index contributed by atoms with van der Waals surface area (Å²) >= 11 is 1.48. The van der Waals surface area contributed by atoms with Crippen LogP contribution in [0, 0.1) is 0 Å². The molecule has 0 saturated heterocycles. The summed E-state index contributed by atoms with van der Waals surface area (Å²) in [5, 5.41) is 6.39. The predicted octanol–water partition coefficient (Wildman–Crippen LogP) is 3.29. The van der Waals surface area contributed by atoms with Crippen molar-refractivity contribution >= 4 is 41.3 Å². The number of ether oxygens (including phenoxy) is 1. The van der Waals surface area contributed by atoms with Gasteiger partial charge in [0.05, 0.1) is 24.1 Å². The van der Waals surface area contributed by atoms with Crippen LogP contribution >= 0.6 is 11.8 Å². The molecule has 7 heteroatoms. The molecule has 1 aliphatic rings. The van der Waals surface area contributed by atoms with E-state index in [4.69, 9.17) is 4.84 Å². The van der Waals surface area contributed by atoms with Crippen LogP contribution in [0.25, 0.3) is 6.08 Å². The Kier molecular flexibility index (Phi) is 5.21. The maximum absolute atomic E-state index is 11.7.